The van der Waals surface area contributed by atoms with Crippen LogP contribution in [0.1, 0.15) is 11.1 Å². The first-order valence-electron chi connectivity index (χ1n) is 7.61. The largest absolute Gasteiger partial charge is 0.488 e. The first-order valence-corrected chi connectivity index (χ1v) is 7.61. The zero-order chi connectivity index (χ0) is 17.6. The van der Waals surface area contributed by atoms with Gasteiger partial charge in [0.15, 0.2) is 0 Å². The number of carbonyl (C=O) groups excluding carboxylic acids is 1. The molecule has 0 saturated heterocycles. The zero-order valence-corrected chi connectivity index (χ0v) is 13.3. The number of urea groups is 1. The van der Waals surface area contributed by atoms with E-state index in [0.29, 0.717) is 11.3 Å². The van der Waals surface area contributed by atoms with Gasteiger partial charge >= 0.3 is 6.03 Å². The van der Waals surface area contributed by atoms with Crippen LogP contribution in [0, 0.1) is 5.82 Å². The number of nitrogens with two attached hydrogens (primary N) is 1. The lowest BCUT2D eigenvalue weighted by molar-refractivity contribution is 0.249. The fourth-order valence-electron chi connectivity index (χ4n) is 2.44. The smallest absolute Gasteiger partial charge is 0.332 e. The number of rotatable bonds is 5. The fourth-order valence-corrected chi connectivity index (χ4v) is 2.44. The summed E-state index contributed by atoms with van der Waals surface area (Å²) in [6.45, 7) is 0.280. The highest BCUT2D eigenvalue weighted by molar-refractivity contribution is 6.02. The summed E-state index contributed by atoms with van der Waals surface area (Å²) in [6.07, 6.45) is 1.49. The number of carbonyl (C=O) groups is 1. The Labute approximate surface area is 143 Å². The van der Waals surface area contributed by atoms with E-state index in [2.05, 4.69) is 10.5 Å². The third-order valence-corrected chi connectivity index (χ3v) is 3.61. The summed E-state index contributed by atoms with van der Waals surface area (Å²) in [4.78, 5) is 10.8. The summed E-state index contributed by atoms with van der Waals surface area (Å²) >= 11 is 0. The number of amides is 2. The second kappa shape index (κ2) is 7.44. The van der Waals surface area contributed by atoms with Crippen LogP contribution in [0.5, 0.6) is 5.75 Å². The maximum Gasteiger partial charge on any atom is 0.332 e. The highest BCUT2D eigenvalue weighted by atomic mass is 19.1. The molecule has 0 fully saturated rings. The lowest BCUT2D eigenvalue weighted by atomic mass is 10.0. The van der Waals surface area contributed by atoms with Gasteiger partial charge in [0.05, 0.1) is 6.21 Å². The Balaban J connectivity index is 1.91. The van der Waals surface area contributed by atoms with Crippen molar-refractivity contribution in [1.82, 2.24) is 5.43 Å². The van der Waals surface area contributed by atoms with Crippen LogP contribution in [-0.4, -0.2) is 12.2 Å². The number of hydrogen-bond donors (Lipinski definition) is 2. The molecule has 0 aliphatic carbocycles. The van der Waals surface area contributed by atoms with Gasteiger partial charge in [0.25, 0.3) is 0 Å². The Bertz CT molecular complexity index is 924. The molecule has 3 aromatic rings. The van der Waals surface area contributed by atoms with E-state index in [9.17, 15) is 9.18 Å². The molecule has 0 aliphatic heterocycles. The first kappa shape index (κ1) is 16.4. The number of nitrogens with one attached hydrogen (secondary N) is 1. The minimum atomic E-state index is -0.745. The molecular weight excluding hydrogens is 321 g/mol. The molecule has 0 unspecified atom stereocenters. The summed E-state index contributed by atoms with van der Waals surface area (Å²) in [6, 6.07) is 16.9. The van der Waals surface area contributed by atoms with Gasteiger partial charge in [-0.15, -0.1) is 0 Å². The number of benzene rings is 3. The van der Waals surface area contributed by atoms with Crippen molar-refractivity contribution in [3.8, 4) is 5.75 Å². The summed E-state index contributed by atoms with van der Waals surface area (Å²) < 4.78 is 18.9. The number of ether oxygens (including phenoxy) is 1. The Hall–Kier alpha value is -3.41. The average molecular weight is 337 g/mol. The minimum absolute atomic E-state index is 0.280. The van der Waals surface area contributed by atoms with Gasteiger partial charge in [0.2, 0.25) is 0 Å². The monoisotopic (exact) mass is 337 g/mol. The first-order chi connectivity index (χ1) is 12.1. The third-order valence-electron chi connectivity index (χ3n) is 3.61. The van der Waals surface area contributed by atoms with Crippen molar-refractivity contribution < 1.29 is 13.9 Å². The predicted octanol–water partition coefficient (Wildman–Crippen LogP) is 3.56. The lowest BCUT2D eigenvalue weighted by Gasteiger charge is -2.12. The molecule has 2 amide bonds. The van der Waals surface area contributed by atoms with Crippen molar-refractivity contribution >= 4 is 23.0 Å². The predicted molar refractivity (Wildman–Crippen MR) is 95.0 cm³/mol. The minimum Gasteiger partial charge on any atom is -0.488 e. The number of primary amides is 1. The van der Waals surface area contributed by atoms with Crippen LogP contribution >= 0.6 is 0 Å². The molecule has 0 radical (unpaired) electrons. The Morgan fingerprint density at radius 2 is 1.88 bits per heavy atom. The van der Waals surface area contributed by atoms with Gasteiger partial charge in [-0.1, -0.05) is 42.5 Å². The molecule has 3 aromatic carbocycles. The van der Waals surface area contributed by atoms with Gasteiger partial charge in [-0.05, 0) is 34.5 Å². The van der Waals surface area contributed by atoms with Gasteiger partial charge in [0.1, 0.15) is 18.2 Å². The number of nitrogens with zero attached hydrogens (tertiary/aromatic N) is 1. The molecule has 0 aromatic heterocycles. The van der Waals surface area contributed by atoms with Crippen molar-refractivity contribution in [3.63, 3.8) is 0 Å². The van der Waals surface area contributed by atoms with Crippen molar-refractivity contribution in [3.05, 3.63) is 77.6 Å². The summed E-state index contributed by atoms with van der Waals surface area (Å²) in [5.74, 6) is 0.304. The van der Waals surface area contributed by atoms with Crippen molar-refractivity contribution in [1.29, 1.82) is 0 Å². The quantitative estimate of drug-likeness (QED) is 0.552. The maximum absolute atomic E-state index is 13.0. The highest BCUT2D eigenvalue weighted by Gasteiger charge is 2.08. The normalized spacial score (nSPS) is 10.9. The van der Waals surface area contributed by atoms with Gasteiger partial charge in [-0.25, -0.2) is 14.6 Å². The number of hydrazone groups is 1. The molecule has 0 heterocycles. The number of hydrogen-bond acceptors (Lipinski definition) is 3. The molecule has 0 atom stereocenters. The molecule has 25 heavy (non-hydrogen) atoms. The summed E-state index contributed by atoms with van der Waals surface area (Å²) in [5.41, 5.74) is 8.76. The van der Waals surface area contributed by atoms with E-state index in [1.165, 1.54) is 18.3 Å². The van der Waals surface area contributed by atoms with Crippen LogP contribution in [0.15, 0.2) is 65.8 Å². The van der Waals surface area contributed by atoms with Crippen LogP contribution in [0.25, 0.3) is 10.8 Å². The van der Waals surface area contributed by atoms with Gasteiger partial charge < -0.3 is 10.5 Å². The van der Waals surface area contributed by atoms with E-state index < -0.39 is 6.03 Å². The van der Waals surface area contributed by atoms with Crippen molar-refractivity contribution in [2.75, 3.05) is 0 Å². The van der Waals surface area contributed by atoms with Crippen LogP contribution in [-0.2, 0) is 6.61 Å². The summed E-state index contributed by atoms with van der Waals surface area (Å²) in [7, 11) is 0. The SMILES string of the molecule is NC(=O)N/N=C\c1c(OCc2ccc(F)cc2)ccc2ccccc12. The topological polar surface area (TPSA) is 76.7 Å². The van der Waals surface area contributed by atoms with E-state index in [0.717, 1.165) is 16.3 Å². The number of fused-ring (bicyclic) bond motifs is 1. The zero-order valence-electron chi connectivity index (χ0n) is 13.3. The molecule has 0 bridgehead atoms. The molecule has 3 N–H and O–H groups in total. The Morgan fingerprint density at radius 3 is 2.64 bits per heavy atom. The van der Waals surface area contributed by atoms with Gasteiger partial charge in [-0.3, -0.25) is 0 Å². The van der Waals surface area contributed by atoms with Crippen LogP contribution in [0.2, 0.25) is 0 Å². The maximum atomic E-state index is 13.0. The van der Waals surface area contributed by atoms with Crippen molar-refractivity contribution in [2.45, 2.75) is 6.61 Å². The molecule has 126 valence electrons. The molecular formula is C19H16FN3O2. The lowest BCUT2D eigenvalue weighted by Crippen LogP contribution is -2.24. The van der Waals surface area contributed by atoms with E-state index in [4.69, 9.17) is 10.5 Å². The van der Waals surface area contributed by atoms with Gasteiger partial charge in [0, 0.05) is 5.56 Å². The van der Waals surface area contributed by atoms with E-state index in [-0.39, 0.29) is 12.4 Å². The van der Waals surface area contributed by atoms with E-state index in [1.54, 1.807) is 12.1 Å². The fraction of sp³-hybridized carbons (Fsp3) is 0.0526. The number of halogens is 1. The van der Waals surface area contributed by atoms with Crippen LogP contribution in [0.4, 0.5) is 9.18 Å². The molecule has 0 saturated carbocycles. The molecule has 6 heteroatoms. The van der Waals surface area contributed by atoms with E-state index >= 15 is 0 Å². The van der Waals surface area contributed by atoms with E-state index in [1.807, 2.05) is 36.4 Å². The second-order valence-electron chi connectivity index (χ2n) is 5.35. The Kier molecular flexibility index (Phi) is 4.89. The third kappa shape index (κ3) is 4.11. The molecule has 0 aliphatic rings. The molecule has 5 nitrogen and oxygen atoms in total. The van der Waals surface area contributed by atoms with Gasteiger partial charge in [-0.2, -0.15) is 5.10 Å². The highest BCUT2D eigenvalue weighted by Crippen LogP contribution is 2.27. The van der Waals surface area contributed by atoms with Crippen LogP contribution in [0.3, 0.4) is 0 Å². The van der Waals surface area contributed by atoms with Crippen molar-refractivity contribution in [2.24, 2.45) is 10.8 Å². The summed E-state index contributed by atoms with van der Waals surface area (Å²) in [5, 5.41) is 5.78. The molecule has 0 spiro atoms. The Morgan fingerprint density at radius 1 is 1.12 bits per heavy atom. The van der Waals surface area contributed by atoms with Crippen LogP contribution < -0.4 is 15.9 Å². The molecule has 3 rings (SSSR count). The second-order valence-corrected chi connectivity index (χ2v) is 5.35. The standard InChI is InChI=1S/C19H16FN3O2/c20-15-8-5-13(6-9-15)12-25-18-10-7-14-3-1-2-4-16(14)17(18)11-22-23-19(21)24/h1-11H,12H2,(H3,21,23,24)/b22-11-. The average Bonchev–Trinajstić information content (AvgIpc) is 2.62.